The van der Waals surface area contributed by atoms with E-state index in [2.05, 4.69) is 0 Å². The summed E-state index contributed by atoms with van der Waals surface area (Å²) >= 11 is 0. The first-order valence-corrected chi connectivity index (χ1v) is 8.97. The molecule has 1 aliphatic heterocycles. The molecular weight excluding hydrogens is 342 g/mol. The Balaban J connectivity index is 2.23. The van der Waals surface area contributed by atoms with Gasteiger partial charge in [0.15, 0.2) is 0 Å². The van der Waals surface area contributed by atoms with Gasteiger partial charge in [0, 0.05) is 17.7 Å². The van der Waals surface area contributed by atoms with Gasteiger partial charge in [-0.05, 0) is 26.0 Å². The molecule has 25 heavy (non-hydrogen) atoms. The number of hydrogen-bond acceptors (Lipinski definition) is 5. The maximum absolute atomic E-state index is 13.2. The highest BCUT2D eigenvalue weighted by Crippen LogP contribution is 2.45. The van der Waals surface area contributed by atoms with E-state index in [1.165, 1.54) is 28.6 Å². The third-order valence-electron chi connectivity index (χ3n) is 4.22. The fourth-order valence-corrected chi connectivity index (χ4v) is 5.24. The first-order valence-electron chi connectivity index (χ1n) is 7.53. The van der Waals surface area contributed by atoms with Crippen LogP contribution in [0.5, 0.6) is 0 Å². The predicted molar refractivity (Wildman–Crippen MR) is 96.1 cm³/mol. The Morgan fingerprint density at radius 2 is 1.72 bits per heavy atom. The molecule has 0 bridgehead atoms. The van der Waals surface area contributed by atoms with E-state index in [1.807, 2.05) is 0 Å². The summed E-state index contributed by atoms with van der Waals surface area (Å²) in [6, 6.07) is 14.1. The van der Waals surface area contributed by atoms with Crippen LogP contribution in [-0.4, -0.2) is 18.9 Å². The largest absolute Gasteiger partial charge is 0.399 e. The summed E-state index contributed by atoms with van der Waals surface area (Å²) in [7, 11) is -3.97. The highest BCUT2D eigenvalue weighted by Gasteiger charge is 2.50. The molecule has 0 unspecified atom stereocenters. The van der Waals surface area contributed by atoms with Gasteiger partial charge in [-0.2, -0.15) is 0 Å². The zero-order chi connectivity index (χ0) is 18.4. The lowest BCUT2D eigenvalue weighted by atomic mass is 9.98. The summed E-state index contributed by atoms with van der Waals surface area (Å²) < 4.78 is 27.7. The second kappa shape index (κ2) is 5.59. The normalized spacial score (nSPS) is 18.4. The van der Waals surface area contributed by atoms with E-state index in [1.54, 1.807) is 44.2 Å². The first kappa shape index (κ1) is 17.0. The lowest BCUT2D eigenvalue weighted by molar-refractivity contribution is -0.384. The molecule has 0 saturated carbocycles. The van der Waals surface area contributed by atoms with E-state index in [0.717, 1.165) is 0 Å². The number of nitro groups is 1. The molecule has 0 aliphatic carbocycles. The number of nitro benzene ring substituents is 1. The molecular formula is C17H17N3O4S. The van der Waals surface area contributed by atoms with Gasteiger partial charge in [-0.25, -0.2) is 8.42 Å². The SMILES string of the molecule is CC1(C)C(N)=C(c2cccc([N+](=O)[O-])c2)S(=O)(=O)N1c1ccccc1. The van der Waals surface area contributed by atoms with Crippen molar-refractivity contribution in [3.8, 4) is 0 Å². The number of sulfonamides is 1. The minimum absolute atomic E-state index is 0.0925. The van der Waals surface area contributed by atoms with Crippen LogP contribution in [0.15, 0.2) is 60.3 Å². The fourth-order valence-electron chi connectivity index (χ4n) is 3.01. The third-order valence-corrected chi connectivity index (χ3v) is 6.34. The lowest BCUT2D eigenvalue weighted by Crippen LogP contribution is -2.45. The molecule has 0 aromatic heterocycles. The van der Waals surface area contributed by atoms with E-state index in [9.17, 15) is 18.5 Å². The number of para-hydroxylation sites is 1. The Morgan fingerprint density at radius 1 is 1.08 bits per heavy atom. The molecule has 0 spiro atoms. The standard InChI is InChI=1S/C17H17N3O4S/c1-17(2)16(18)15(12-7-6-10-14(11-12)20(21)22)25(23,24)19(17)13-8-4-3-5-9-13/h3-11H,18H2,1-2H3. The molecule has 0 saturated heterocycles. The van der Waals surface area contributed by atoms with Crippen LogP contribution < -0.4 is 10.0 Å². The van der Waals surface area contributed by atoms with Crippen LogP contribution >= 0.6 is 0 Å². The van der Waals surface area contributed by atoms with Gasteiger partial charge in [-0.15, -0.1) is 0 Å². The molecule has 0 fully saturated rings. The molecule has 2 aromatic carbocycles. The Hall–Kier alpha value is -2.87. The second-order valence-electron chi connectivity index (χ2n) is 6.21. The molecule has 8 heteroatoms. The van der Waals surface area contributed by atoms with Crippen molar-refractivity contribution in [1.82, 2.24) is 0 Å². The molecule has 0 radical (unpaired) electrons. The van der Waals surface area contributed by atoms with E-state index in [4.69, 9.17) is 5.73 Å². The maximum atomic E-state index is 13.2. The Labute approximate surface area is 145 Å². The van der Waals surface area contributed by atoms with Gasteiger partial charge in [-0.3, -0.25) is 14.4 Å². The lowest BCUT2D eigenvalue weighted by Gasteiger charge is -2.32. The predicted octanol–water partition coefficient (Wildman–Crippen LogP) is 2.85. The average molecular weight is 359 g/mol. The Bertz CT molecular complexity index is 982. The number of non-ortho nitro benzene ring substituents is 1. The van der Waals surface area contributed by atoms with Gasteiger partial charge in [-0.1, -0.05) is 30.3 Å². The van der Waals surface area contributed by atoms with Crippen LogP contribution in [0.4, 0.5) is 11.4 Å². The molecule has 1 heterocycles. The Kier molecular flexibility index (Phi) is 3.80. The third kappa shape index (κ3) is 2.54. The van der Waals surface area contributed by atoms with Crippen LogP contribution in [-0.2, 0) is 10.0 Å². The molecule has 3 rings (SSSR count). The molecule has 0 atom stereocenters. The number of hydrogen-bond donors (Lipinski definition) is 1. The zero-order valence-corrected chi connectivity index (χ0v) is 14.5. The summed E-state index contributed by atoms with van der Waals surface area (Å²) in [6.07, 6.45) is 0. The van der Waals surface area contributed by atoms with Crippen LogP contribution in [0.2, 0.25) is 0 Å². The Morgan fingerprint density at radius 3 is 2.32 bits per heavy atom. The van der Waals surface area contributed by atoms with E-state index < -0.39 is 20.5 Å². The highest BCUT2D eigenvalue weighted by molar-refractivity contribution is 8.02. The summed E-state index contributed by atoms with van der Waals surface area (Å²) in [5.74, 6) is 0. The number of benzene rings is 2. The molecule has 7 nitrogen and oxygen atoms in total. The minimum Gasteiger partial charge on any atom is -0.399 e. The first-order chi connectivity index (χ1) is 11.7. The van der Waals surface area contributed by atoms with Crippen molar-refractivity contribution in [2.45, 2.75) is 19.4 Å². The fraction of sp³-hybridized carbons (Fsp3) is 0.176. The van der Waals surface area contributed by atoms with Gasteiger partial charge in [0.05, 0.1) is 21.8 Å². The number of rotatable bonds is 3. The smallest absolute Gasteiger partial charge is 0.270 e. The van der Waals surface area contributed by atoms with Crippen molar-refractivity contribution >= 4 is 26.3 Å². The second-order valence-corrected chi connectivity index (χ2v) is 7.94. The van der Waals surface area contributed by atoms with Crippen LogP contribution in [0.1, 0.15) is 19.4 Å². The van der Waals surface area contributed by atoms with Crippen LogP contribution in [0.3, 0.4) is 0 Å². The number of nitrogens with zero attached hydrogens (tertiary/aromatic N) is 2. The van der Waals surface area contributed by atoms with E-state index >= 15 is 0 Å². The van der Waals surface area contributed by atoms with Crippen molar-refractivity contribution < 1.29 is 13.3 Å². The monoisotopic (exact) mass is 359 g/mol. The van der Waals surface area contributed by atoms with Crippen molar-refractivity contribution in [2.75, 3.05) is 4.31 Å². The van der Waals surface area contributed by atoms with Crippen LogP contribution in [0.25, 0.3) is 4.91 Å². The van der Waals surface area contributed by atoms with Crippen LogP contribution in [0, 0.1) is 10.1 Å². The van der Waals surface area contributed by atoms with Gasteiger partial charge < -0.3 is 5.73 Å². The van der Waals surface area contributed by atoms with E-state index in [-0.39, 0.29) is 21.9 Å². The molecule has 2 N–H and O–H groups in total. The molecule has 0 amide bonds. The quantitative estimate of drug-likeness (QED) is 0.670. The molecule has 1 aliphatic rings. The maximum Gasteiger partial charge on any atom is 0.270 e. The minimum atomic E-state index is -3.97. The van der Waals surface area contributed by atoms with Crippen molar-refractivity contribution in [2.24, 2.45) is 5.73 Å². The van der Waals surface area contributed by atoms with Gasteiger partial charge in [0.1, 0.15) is 4.91 Å². The highest BCUT2D eigenvalue weighted by atomic mass is 32.2. The summed E-state index contributed by atoms with van der Waals surface area (Å²) in [6.45, 7) is 3.41. The van der Waals surface area contributed by atoms with Gasteiger partial charge in [0.25, 0.3) is 15.7 Å². The summed E-state index contributed by atoms with van der Waals surface area (Å²) in [5.41, 5.74) is 5.86. The van der Waals surface area contributed by atoms with Crippen molar-refractivity contribution in [3.63, 3.8) is 0 Å². The topological polar surface area (TPSA) is 107 Å². The average Bonchev–Trinajstić information content (AvgIpc) is 2.69. The summed E-state index contributed by atoms with van der Waals surface area (Å²) in [4.78, 5) is 10.4. The van der Waals surface area contributed by atoms with Crippen molar-refractivity contribution in [1.29, 1.82) is 0 Å². The number of nitrogens with two attached hydrogens (primary N) is 1. The zero-order valence-electron chi connectivity index (χ0n) is 13.7. The number of anilines is 1. The van der Waals surface area contributed by atoms with Gasteiger partial charge >= 0.3 is 0 Å². The molecule has 130 valence electrons. The molecule has 2 aromatic rings. The van der Waals surface area contributed by atoms with Crippen molar-refractivity contribution in [3.05, 3.63) is 76.0 Å². The van der Waals surface area contributed by atoms with Gasteiger partial charge in [0.2, 0.25) is 0 Å². The van der Waals surface area contributed by atoms with E-state index in [0.29, 0.717) is 5.69 Å². The summed E-state index contributed by atoms with van der Waals surface area (Å²) in [5, 5.41) is 11.0.